The van der Waals surface area contributed by atoms with Gasteiger partial charge in [-0.15, -0.1) is 0 Å². The number of ether oxygens (including phenoxy) is 1. The van der Waals surface area contributed by atoms with Crippen molar-refractivity contribution in [3.05, 3.63) is 64.2 Å². The van der Waals surface area contributed by atoms with E-state index in [4.69, 9.17) is 16.3 Å². The maximum atomic E-state index is 12.7. The lowest BCUT2D eigenvalue weighted by atomic mass is 10.1. The average Bonchev–Trinajstić information content (AvgIpc) is 2.43. The minimum atomic E-state index is -0.321. The molecule has 0 saturated carbocycles. The third-order valence-electron chi connectivity index (χ3n) is 2.90. The first-order chi connectivity index (χ1) is 10.0. The molecule has 0 aliphatic carbocycles. The molecule has 1 aromatic heterocycles. The summed E-state index contributed by atoms with van der Waals surface area (Å²) in [6, 6.07) is 9.62. The molecular formula is C16H15ClFNO2. The van der Waals surface area contributed by atoms with Gasteiger partial charge in [0, 0.05) is 6.42 Å². The standard InChI is InChI=1S/C16H15ClFNO2/c1-11-8-14(19-15(17)9-11)10-21-16(20)7-4-12-2-5-13(18)6-3-12/h2-3,5-6,8-9H,4,7,10H2,1H3. The predicted molar refractivity (Wildman–Crippen MR) is 78.5 cm³/mol. The highest BCUT2D eigenvalue weighted by Crippen LogP contribution is 2.11. The molecule has 0 saturated heterocycles. The number of rotatable bonds is 5. The Bertz CT molecular complexity index is 608. The van der Waals surface area contributed by atoms with Crippen molar-refractivity contribution in [3.8, 4) is 0 Å². The van der Waals surface area contributed by atoms with Gasteiger partial charge >= 0.3 is 5.97 Å². The van der Waals surface area contributed by atoms with E-state index in [1.54, 1.807) is 18.2 Å². The monoisotopic (exact) mass is 307 g/mol. The summed E-state index contributed by atoms with van der Waals surface area (Å²) < 4.78 is 17.9. The van der Waals surface area contributed by atoms with E-state index in [-0.39, 0.29) is 24.8 Å². The van der Waals surface area contributed by atoms with Gasteiger partial charge in [-0.1, -0.05) is 23.7 Å². The average molecular weight is 308 g/mol. The van der Waals surface area contributed by atoms with Crippen LogP contribution in [0.3, 0.4) is 0 Å². The van der Waals surface area contributed by atoms with Gasteiger partial charge in [-0.25, -0.2) is 9.37 Å². The van der Waals surface area contributed by atoms with E-state index >= 15 is 0 Å². The summed E-state index contributed by atoms with van der Waals surface area (Å²) in [5.41, 5.74) is 2.48. The molecule has 2 aromatic rings. The van der Waals surface area contributed by atoms with Crippen LogP contribution < -0.4 is 0 Å². The highest BCUT2D eigenvalue weighted by atomic mass is 35.5. The fraction of sp³-hybridized carbons (Fsp3) is 0.250. The smallest absolute Gasteiger partial charge is 0.306 e. The van der Waals surface area contributed by atoms with Crippen LogP contribution in [-0.2, 0) is 22.6 Å². The third kappa shape index (κ3) is 5.16. The van der Waals surface area contributed by atoms with Crippen molar-refractivity contribution < 1.29 is 13.9 Å². The maximum absolute atomic E-state index is 12.7. The first-order valence-corrected chi connectivity index (χ1v) is 6.94. The Balaban J connectivity index is 1.80. The topological polar surface area (TPSA) is 39.2 Å². The Labute approximate surface area is 127 Å². The van der Waals surface area contributed by atoms with E-state index in [1.807, 2.05) is 13.0 Å². The zero-order valence-electron chi connectivity index (χ0n) is 11.6. The fourth-order valence-corrected chi connectivity index (χ4v) is 2.17. The van der Waals surface area contributed by atoms with Crippen LogP contribution in [0, 0.1) is 12.7 Å². The highest BCUT2D eigenvalue weighted by molar-refractivity contribution is 6.29. The van der Waals surface area contributed by atoms with Gasteiger partial charge in [0.15, 0.2) is 0 Å². The lowest BCUT2D eigenvalue weighted by molar-refractivity contribution is -0.145. The van der Waals surface area contributed by atoms with Crippen LogP contribution in [0.2, 0.25) is 5.15 Å². The molecule has 0 atom stereocenters. The van der Waals surface area contributed by atoms with Crippen molar-refractivity contribution in [1.82, 2.24) is 4.98 Å². The normalized spacial score (nSPS) is 10.4. The number of hydrogen-bond acceptors (Lipinski definition) is 3. The van der Waals surface area contributed by atoms with Crippen LogP contribution in [-0.4, -0.2) is 11.0 Å². The number of aromatic nitrogens is 1. The number of halogens is 2. The quantitative estimate of drug-likeness (QED) is 0.622. The summed E-state index contributed by atoms with van der Waals surface area (Å²) in [4.78, 5) is 15.7. The van der Waals surface area contributed by atoms with E-state index in [0.717, 1.165) is 11.1 Å². The number of benzene rings is 1. The SMILES string of the molecule is Cc1cc(Cl)nc(COC(=O)CCc2ccc(F)cc2)c1. The number of esters is 1. The van der Waals surface area contributed by atoms with Crippen molar-refractivity contribution >= 4 is 17.6 Å². The van der Waals surface area contributed by atoms with Crippen molar-refractivity contribution in [1.29, 1.82) is 0 Å². The maximum Gasteiger partial charge on any atom is 0.306 e. The summed E-state index contributed by atoms with van der Waals surface area (Å²) in [5.74, 6) is -0.609. The molecule has 0 amide bonds. The molecule has 0 aliphatic rings. The largest absolute Gasteiger partial charge is 0.459 e. The molecule has 0 aliphatic heterocycles. The summed E-state index contributed by atoms with van der Waals surface area (Å²) in [6.07, 6.45) is 0.756. The van der Waals surface area contributed by atoms with Gasteiger partial charge in [-0.05, 0) is 48.7 Å². The zero-order chi connectivity index (χ0) is 15.2. The van der Waals surface area contributed by atoms with E-state index in [1.165, 1.54) is 12.1 Å². The number of pyridine rings is 1. The number of aryl methyl sites for hydroxylation is 2. The van der Waals surface area contributed by atoms with Crippen LogP contribution >= 0.6 is 11.6 Å². The van der Waals surface area contributed by atoms with Crippen molar-refractivity contribution in [2.24, 2.45) is 0 Å². The molecule has 0 fully saturated rings. The molecule has 0 bridgehead atoms. The predicted octanol–water partition coefficient (Wildman–Crippen LogP) is 3.86. The number of hydrogen-bond donors (Lipinski definition) is 0. The van der Waals surface area contributed by atoms with Crippen LogP contribution in [0.25, 0.3) is 0 Å². The Morgan fingerprint density at radius 3 is 2.67 bits per heavy atom. The van der Waals surface area contributed by atoms with Gasteiger partial charge in [0.2, 0.25) is 0 Å². The van der Waals surface area contributed by atoms with Crippen molar-refractivity contribution in [2.75, 3.05) is 0 Å². The van der Waals surface area contributed by atoms with Gasteiger partial charge in [0.25, 0.3) is 0 Å². The summed E-state index contributed by atoms with van der Waals surface area (Å²) in [5, 5.41) is 0.382. The van der Waals surface area contributed by atoms with Crippen LogP contribution in [0.5, 0.6) is 0 Å². The lowest BCUT2D eigenvalue weighted by Crippen LogP contribution is -2.07. The first kappa shape index (κ1) is 15.4. The van der Waals surface area contributed by atoms with Crippen molar-refractivity contribution in [2.45, 2.75) is 26.4 Å². The van der Waals surface area contributed by atoms with Crippen LogP contribution in [0.1, 0.15) is 23.2 Å². The van der Waals surface area contributed by atoms with E-state index in [2.05, 4.69) is 4.98 Å². The molecule has 0 N–H and O–H groups in total. The Kier molecular flexibility index (Phi) is 5.28. The van der Waals surface area contributed by atoms with E-state index < -0.39 is 0 Å². The highest BCUT2D eigenvalue weighted by Gasteiger charge is 2.06. The van der Waals surface area contributed by atoms with Crippen molar-refractivity contribution in [3.63, 3.8) is 0 Å². The number of carbonyl (C=O) groups excluding carboxylic acids is 1. The first-order valence-electron chi connectivity index (χ1n) is 6.56. The minimum absolute atomic E-state index is 0.101. The molecule has 3 nitrogen and oxygen atoms in total. The molecule has 0 radical (unpaired) electrons. The molecule has 5 heteroatoms. The lowest BCUT2D eigenvalue weighted by Gasteiger charge is -2.06. The second-order valence-electron chi connectivity index (χ2n) is 4.75. The van der Waals surface area contributed by atoms with Crippen LogP contribution in [0.4, 0.5) is 4.39 Å². The Hall–Kier alpha value is -1.94. The molecule has 0 spiro atoms. The fourth-order valence-electron chi connectivity index (χ4n) is 1.89. The molecular weight excluding hydrogens is 293 g/mol. The molecule has 1 aromatic carbocycles. The summed E-state index contributed by atoms with van der Waals surface area (Å²) in [6.45, 7) is 2.00. The van der Waals surface area contributed by atoms with Gasteiger partial charge in [0.05, 0.1) is 5.69 Å². The summed E-state index contributed by atoms with van der Waals surface area (Å²) in [7, 11) is 0. The second kappa shape index (κ2) is 7.18. The number of carbonyl (C=O) groups is 1. The Morgan fingerprint density at radius 2 is 2.00 bits per heavy atom. The molecule has 21 heavy (non-hydrogen) atoms. The number of nitrogens with zero attached hydrogens (tertiary/aromatic N) is 1. The van der Waals surface area contributed by atoms with E-state index in [0.29, 0.717) is 17.3 Å². The van der Waals surface area contributed by atoms with Gasteiger partial charge in [-0.2, -0.15) is 0 Å². The Morgan fingerprint density at radius 1 is 1.29 bits per heavy atom. The van der Waals surface area contributed by atoms with Gasteiger partial charge < -0.3 is 4.74 Å². The molecule has 0 unspecified atom stereocenters. The zero-order valence-corrected chi connectivity index (χ0v) is 12.4. The van der Waals surface area contributed by atoms with Crippen LogP contribution in [0.15, 0.2) is 36.4 Å². The summed E-state index contributed by atoms with van der Waals surface area (Å²) >= 11 is 5.84. The minimum Gasteiger partial charge on any atom is -0.459 e. The molecule has 1 heterocycles. The molecule has 110 valence electrons. The third-order valence-corrected chi connectivity index (χ3v) is 3.10. The van der Waals surface area contributed by atoms with Gasteiger partial charge in [-0.3, -0.25) is 4.79 Å². The van der Waals surface area contributed by atoms with Gasteiger partial charge in [0.1, 0.15) is 17.6 Å². The second-order valence-corrected chi connectivity index (χ2v) is 5.13. The molecule has 2 rings (SSSR count). The van der Waals surface area contributed by atoms with E-state index in [9.17, 15) is 9.18 Å².